The lowest BCUT2D eigenvalue weighted by Crippen LogP contribution is -2.70. The molecule has 2 fully saturated rings. The van der Waals surface area contributed by atoms with E-state index in [1.165, 1.54) is 12.8 Å². The Bertz CT molecular complexity index is 133. The minimum atomic E-state index is 0.00574. The quantitative estimate of drug-likeness (QED) is 0.524. The summed E-state index contributed by atoms with van der Waals surface area (Å²) in [6, 6.07) is 0. The topological polar surface area (TPSA) is 32.3 Å². The standard InChI is InChI=1S/C7H13NO/c1-8-7-3-2-5(7)6(9)4-7/h5-6,8-9H,2-4H2,1H3. The van der Waals surface area contributed by atoms with Crippen LogP contribution in [0.4, 0.5) is 0 Å². The van der Waals surface area contributed by atoms with E-state index in [0.717, 1.165) is 6.42 Å². The van der Waals surface area contributed by atoms with Crippen LogP contribution >= 0.6 is 0 Å². The van der Waals surface area contributed by atoms with Crippen molar-refractivity contribution in [3.05, 3.63) is 0 Å². The van der Waals surface area contributed by atoms with Crippen LogP contribution in [0.15, 0.2) is 0 Å². The highest BCUT2D eigenvalue weighted by atomic mass is 16.3. The van der Waals surface area contributed by atoms with Crippen molar-refractivity contribution in [2.45, 2.75) is 30.9 Å². The molecule has 2 N–H and O–H groups in total. The van der Waals surface area contributed by atoms with Crippen LogP contribution in [0.25, 0.3) is 0 Å². The first-order chi connectivity index (χ1) is 4.28. The van der Waals surface area contributed by atoms with Gasteiger partial charge in [-0.1, -0.05) is 0 Å². The lowest BCUT2D eigenvalue weighted by atomic mass is 9.51. The van der Waals surface area contributed by atoms with E-state index in [0.29, 0.717) is 11.5 Å². The third-order valence-electron chi connectivity index (χ3n) is 3.15. The van der Waals surface area contributed by atoms with Crippen molar-refractivity contribution in [1.82, 2.24) is 5.32 Å². The van der Waals surface area contributed by atoms with Gasteiger partial charge in [-0.05, 0) is 26.3 Å². The third-order valence-corrected chi connectivity index (χ3v) is 3.15. The predicted molar refractivity (Wildman–Crippen MR) is 35.1 cm³/mol. The zero-order valence-corrected chi connectivity index (χ0v) is 5.72. The molecule has 0 heterocycles. The van der Waals surface area contributed by atoms with E-state index in [1.54, 1.807) is 0 Å². The van der Waals surface area contributed by atoms with Gasteiger partial charge >= 0.3 is 0 Å². The second-order valence-corrected chi connectivity index (χ2v) is 3.32. The molecule has 0 radical (unpaired) electrons. The van der Waals surface area contributed by atoms with Gasteiger partial charge in [0.25, 0.3) is 0 Å². The van der Waals surface area contributed by atoms with Gasteiger partial charge in [0, 0.05) is 11.5 Å². The summed E-state index contributed by atoms with van der Waals surface area (Å²) in [6.45, 7) is 0. The van der Waals surface area contributed by atoms with Gasteiger partial charge in [-0.15, -0.1) is 0 Å². The molecule has 52 valence electrons. The molecule has 2 aliphatic carbocycles. The molecule has 0 aromatic carbocycles. The summed E-state index contributed by atoms with van der Waals surface area (Å²) in [6.07, 6.45) is 3.48. The molecule has 2 aliphatic rings. The number of aliphatic hydroxyl groups excluding tert-OH is 1. The van der Waals surface area contributed by atoms with E-state index in [4.69, 9.17) is 0 Å². The van der Waals surface area contributed by atoms with E-state index in [-0.39, 0.29) is 6.10 Å². The molecule has 3 atom stereocenters. The van der Waals surface area contributed by atoms with Crippen molar-refractivity contribution in [3.63, 3.8) is 0 Å². The zero-order chi connectivity index (χ0) is 6.48. The Labute approximate surface area is 55.3 Å². The van der Waals surface area contributed by atoms with E-state index >= 15 is 0 Å². The molecular weight excluding hydrogens is 114 g/mol. The third kappa shape index (κ3) is 0.485. The monoisotopic (exact) mass is 127 g/mol. The molecule has 9 heavy (non-hydrogen) atoms. The first-order valence-electron chi connectivity index (χ1n) is 3.65. The van der Waals surface area contributed by atoms with Crippen LogP contribution in [0.2, 0.25) is 0 Å². The largest absolute Gasteiger partial charge is 0.393 e. The number of fused-ring (bicyclic) bond motifs is 1. The second kappa shape index (κ2) is 1.50. The SMILES string of the molecule is CNC12CCC1C(O)C2. The van der Waals surface area contributed by atoms with E-state index in [1.807, 2.05) is 7.05 Å². The van der Waals surface area contributed by atoms with Crippen molar-refractivity contribution in [3.8, 4) is 0 Å². The number of hydrogen-bond donors (Lipinski definition) is 2. The maximum absolute atomic E-state index is 9.19. The number of nitrogens with one attached hydrogen (secondary N) is 1. The highest BCUT2D eigenvalue weighted by molar-refractivity contribution is 5.14. The Kier molecular flexibility index (Phi) is 0.945. The molecule has 0 aliphatic heterocycles. The maximum Gasteiger partial charge on any atom is 0.0603 e. The second-order valence-electron chi connectivity index (χ2n) is 3.32. The number of hydrogen-bond acceptors (Lipinski definition) is 2. The fourth-order valence-electron chi connectivity index (χ4n) is 2.24. The fraction of sp³-hybridized carbons (Fsp3) is 1.00. The van der Waals surface area contributed by atoms with Crippen molar-refractivity contribution >= 4 is 0 Å². The van der Waals surface area contributed by atoms with Gasteiger partial charge in [0.15, 0.2) is 0 Å². The molecule has 2 saturated carbocycles. The first-order valence-corrected chi connectivity index (χ1v) is 3.65. The summed E-state index contributed by atoms with van der Waals surface area (Å²) in [4.78, 5) is 0. The van der Waals surface area contributed by atoms with Crippen molar-refractivity contribution in [2.24, 2.45) is 5.92 Å². The molecule has 0 aromatic heterocycles. The molecule has 0 saturated heterocycles. The van der Waals surface area contributed by atoms with Crippen LogP contribution in [0.3, 0.4) is 0 Å². The van der Waals surface area contributed by atoms with Crippen LogP contribution in [0, 0.1) is 5.92 Å². The highest BCUT2D eigenvalue weighted by Crippen LogP contribution is 2.53. The lowest BCUT2D eigenvalue weighted by molar-refractivity contribution is -0.132. The Hall–Kier alpha value is -0.0800. The summed E-state index contributed by atoms with van der Waals surface area (Å²) in [7, 11) is 2.00. The minimum Gasteiger partial charge on any atom is -0.393 e. The lowest BCUT2D eigenvalue weighted by Gasteiger charge is -2.61. The molecule has 2 nitrogen and oxygen atoms in total. The maximum atomic E-state index is 9.19. The van der Waals surface area contributed by atoms with Crippen LogP contribution in [-0.4, -0.2) is 23.8 Å². The summed E-state index contributed by atoms with van der Waals surface area (Å²) < 4.78 is 0. The summed E-state index contributed by atoms with van der Waals surface area (Å²) in [5.41, 5.74) is 0.374. The van der Waals surface area contributed by atoms with Gasteiger partial charge in [-0.25, -0.2) is 0 Å². The highest BCUT2D eigenvalue weighted by Gasteiger charge is 2.58. The normalized spacial score (nSPS) is 55.3. The van der Waals surface area contributed by atoms with Crippen LogP contribution < -0.4 is 5.32 Å². The van der Waals surface area contributed by atoms with Crippen LogP contribution in [0.5, 0.6) is 0 Å². The molecule has 0 amide bonds. The molecule has 2 rings (SSSR count). The van der Waals surface area contributed by atoms with Gasteiger partial charge in [0.1, 0.15) is 0 Å². The average molecular weight is 127 g/mol. The van der Waals surface area contributed by atoms with Crippen molar-refractivity contribution in [2.75, 3.05) is 7.05 Å². The molecule has 0 spiro atoms. The Morgan fingerprint density at radius 1 is 1.67 bits per heavy atom. The Morgan fingerprint density at radius 2 is 2.44 bits per heavy atom. The van der Waals surface area contributed by atoms with Gasteiger partial charge in [-0.3, -0.25) is 0 Å². The molecule has 0 aromatic rings. The van der Waals surface area contributed by atoms with Gasteiger partial charge in [0.2, 0.25) is 0 Å². The van der Waals surface area contributed by atoms with E-state index < -0.39 is 0 Å². The first kappa shape index (κ1) is 5.69. The van der Waals surface area contributed by atoms with Gasteiger partial charge < -0.3 is 10.4 Å². The zero-order valence-electron chi connectivity index (χ0n) is 5.72. The molecule has 2 heteroatoms. The average Bonchev–Trinajstić information content (AvgIpc) is 1.81. The summed E-state index contributed by atoms with van der Waals surface area (Å²) >= 11 is 0. The minimum absolute atomic E-state index is 0.00574. The van der Waals surface area contributed by atoms with Crippen molar-refractivity contribution < 1.29 is 5.11 Å². The fourth-order valence-corrected chi connectivity index (χ4v) is 2.24. The number of aliphatic hydroxyl groups is 1. The van der Waals surface area contributed by atoms with Crippen LogP contribution in [0.1, 0.15) is 19.3 Å². The van der Waals surface area contributed by atoms with Crippen molar-refractivity contribution in [1.29, 1.82) is 0 Å². The molecule has 3 unspecified atom stereocenters. The van der Waals surface area contributed by atoms with E-state index in [2.05, 4.69) is 5.32 Å². The van der Waals surface area contributed by atoms with E-state index in [9.17, 15) is 5.11 Å². The summed E-state index contributed by atoms with van der Waals surface area (Å²) in [5.74, 6) is 0.586. The van der Waals surface area contributed by atoms with Crippen LogP contribution in [-0.2, 0) is 0 Å². The Balaban J connectivity index is 2.04. The molecule has 0 bridgehead atoms. The Morgan fingerprint density at radius 3 is 2.56 bits per heavy atom. The van der Waals surface area contributed by atoms with Gasteiger partial charge in [-0.2, -0.15) is 0 Å². The molecular formula is C7H13NO. The summed E-state index contributed by atoms with van der Waals surface area (Å²) in [5, 5.41) is 12.5. The smallest absolute Gasteiger partial charge is 0.0603 e. The predicted octanol–water partition coefficient (Wildman–Crippen LogP) is 0.119. The van der Waals surface area contributed by atoms with Gasteiger partial charge in [0.05, 0.1) is 6.10 Å². The number of rotatable bonds is 1.